The number of hydrogen-bond donors (Lipinski definition) is 0. The number of aromatic nitrogens is 4. The molecule has 0 saturated heterocycles. The summed E-state index contributed by atoms with van der Waals surface area (Å²) in [5, 5.41) is 9.94. The molecule has 1 aromatic carbocycles. The van der Waals surface area contributed by atoms with Crippen molar-refractivity contribution in [3.05, 3.63) is 73.7 Å². The van der Waals surface area contributed by atoms with Crippen molar-refractivity contribution < 1.29 is 4.63 Å². The zero-order valence-electron chi connectivity index (χ0n) is 18.4. The molecule has 0 aliphatic heterocycles. The lowest BCUT2D eigenvalue weighted by molar-refractivity contribution is 0.207. The summed E-state index contributed by atoms with van der Waals surface area (Å²) in [4.78, 5) is 23.8. The van der Waals surface area contributed by atoms with Gasteiger partial charge in [-0.3, -0.25) is 14.3 Å². The van der Waals surface area contributed by atoms with Gasteiger partial charge in [0, 0.05) is 27.0 Å². The van der Waals surface area contributed by atoms with E-state index in [1.807, 2.05) is 13.0 Å². The van der Waals surface area contributed by atoms with Gasteiger partial charge < -0.3 is 0 Å². The normalized spacial score (nSPS) is 16.2. The predicted molar refractivity (Wildman–Crippen MR) is 131 cm³/mol. The SMILES string of the molecule is Cc1nonc1CN(C)C1CCc2c(sc3ncn(Cc4cc5ccccc5s4)c(=O)c23)C1. The van der Waals surface area contributed by atoms with Crippen LogP contribution in [0.5, 0.6) is 0 Å². The molecule has 0 saturated carbocycles. The Balaban J connectivity index is 1.27. The first kappa shape index (κ1) is 20.7. The molecule has 4 heterocycles. The maximum atomic E-state index is 13.4. The van der Waals surface area contributed by atoms with Gasteiger partial charge in [-0.05, 0) is 56.3 Å². The molecule has 6 rings (SSSR count). The van der Waals surface area contributed by atoms with E-state index in [4.69, 9.17) is 4.63 Å². The number of hydrogen-bond acceptors (Lipinski definition) is 8. The van der Waals surface area contributed by atoms with E-state index in [1.165, 1.54) is 25.4 Å². The minimum absolute atomic E-state index is 0.0751. The fourth-order valence-electron chi connectivity index (χ4n) is 4.71. The minimum atomic E-state index is 0.0751. The minimum Gasteiger partial charge on any atom is -0.297 e. The van der Waals surface area contributed by atoms with Gasteiger partial charge in [0.2, 0.25) is 0 Å². The first-order chi connectivity index (χ1) is 16.1. The van der Waals surface area contributed by atoms with E-state index < -0.39 is 0 Å². The molecule has 4 aromatic heterocycles. The lowest BCUT2D eigenvalue weighted by atomic mass is 9.92. The van der Waals surface area contributed by atoms with E-state index in [1.54, 1.807) is 33.6 Å². The highest BCUT2D eigenvalue weighted by molar-refractivity contribution is 7.19. The van der Waals surface area contributed by atoms with Crippen molar-refractivity contribution in [3.63, 3.8) is 0 Å². The van der Waals surface area contributed by atoms with E-state index in [-0.39, 0.29) is 5.56 Å². The molecule has 0 fully saturated rings. The van der Waals surface area contributed by atoms with Crippen molar-refractivity contribution in [2.75, 3.05) is 7.05 Å². The number of benzene rings is 1. The molecule has 1 unspecified atom stereocenters. The average molecular weight is 478 g/mol. The van der Waals surface area contributed by atoms with E-state index in [2.05, 4.69) is 51.5 Å². The van der Waals surface area contributed by atoms with E-state index in [9.17, 15) is 4.79 Å². The van der Waals surface area contributed by atoms with Gasteiger partial charge >= 0.3 is 0 Å². The largest absolute Gasteiger partial charge is 0.297 e. The second-order valence-electron chi connectivity index (χ2n) is 8.72. The number of likely N-dealkylation sites (N-methyl/N-ethyl adjacent to an activating group) is 1. The summed E-state index contributed by atoms with van der Waals surface area (Å²) in [6.07, 6.45) is 4.53. The number of fused-ring (bicyclic) bond motifs is 4. The van der Waals surface area contributed by atoms with Crippen LogP contribution in [-0.4, -0.2) is 37.9 Å². The number of thiophene rings is 2. The lowest BCUT2D eigenvalue weighted by Gasteiger charge is -2.30. The summed E-state index contributed by atoms with van der Waals surface area (Å²) >= 11 is 3.41. The highest BCUT2D eigenvalue weighted by Crippen LogP contribution is 2.35. The van der Waals surface area contributed by atoms with Gasteiger partial charge in [0.05, 0.1) is 18.3 Å². The van der Waals surface area contributed by atoms with Crippen LogP contribution in [0.1, 0.15) is 33.1 Å². The van der Waals surface area contributed by atoms with Crippen molar-refractivity contribution in [2.24, 2.45) is 0 Å². The van der Waals surface area contributed by atoms with Crippen LogP contribution < -0.4 is 5.56 Å². The van der Waals surface area contributed by atoms with Crippen molar-refractivity contribution in [2.45, 2.75) is 45.3 Å². The molecular formula is C24H23N5O2S2. The molecule has 0 amide bonds. The van der Waals surface area contributed by atoms with Crippen molar-refractivity contribution in [1.29, 1.82) is 0 Å². The third-order valence-electron chi connectivity index (χ3n) is 6.58. The van der Waals surface area contributed by atoms with Crippen molar-refractivity contribution in [1.82, 2.24) is 24.8 Å². The molecule has 0 bridgehead atoms. The molecule has 7 nitrogen and oxygen atoms in total. The van der Waals surface area contributed by atoms with Gasteiger partial charge in [0.15, 0.2) is 0 Å². The Morgan fingerprint density at radius 2 is 2.12 bits per heavy atom. The van der Waals surface area contributed by atoms with Crippen LogP contribution in [0.25, 0.3) is 20.3 Å². The molecule has 0 radical (unpaired) electrons. The molecular weight excluding hydrogens is 454 g/mol. The summed E-state index contributed by atoms with van der Waals surface area (Å²) in [5.74, 6) is 0. The lowest BCUT2D eigenvalue weighted by Crippen LogP contribution is -2.36. The van der Waals surface area contributed by atoms with Gasteiger partial charge in [-0.1, -0.05) is 28.5 Å². The van der Waals surface area contributed by atoms with Crippen LogP contribution in [0.4, 0.5) is 0 Å². The highest BCUT2D eigenvalue weighted by Gasteiger charge is 2.28. The van der Waals surface area contributed by atoms with E-state index in [0.29, 0.717) is 19.1 Å². The van der Waals surface area contributed by atoms with Gasteiger partial charge in [-0.2, -0.15) is 0 Å². The number of rotatable bonds is 5. The smallest absolute Gasteiger partial charge is 0.262 e. The number of nitrogens with zero attached hydrogens (tertiary/aromatic N) is 5. The summed E-state index contributed by atoms with van der Waals surface area (Å²) in [5.41, 5.74) is 2.99. The summed E-state index contributed by atoms with van der Waals surface area (Å²) < 4.78 is 7.85. The van der Waals surface area contributed by atoms with Gasteiger partial charge in [-0.15, -0.1) is 22.7 Å². The Kier molecular flexibility index (Phi) is 5.12. The highest BCUT2D eigenvalue weighted by atomic mass is 32.1. The third kappa shape index (κ3) is 3.70. The number of aryl methyl sites for hydroxylation is 2. The molecule has 1 aliphatic rings. The summed E-state index contributed by atoms with van der Waals surface area (Å²) in [6, 6.07) is 10.9. The zero-order chi connectivity index (χ0) is 22.5. The first-order valence-corrected chi connectivity index (χ1v) is 12.7. The summed E-state index contributed by atoms with van der Waals surface area (Å²) in [6.45, 7) is 3.18. The molecule has 5 aromatic rings. The molecule has 168 valence electrons. The van der Waals surface area contributed by atoms with E-state index >= 15 is 0 Å². The maximum absolute atomic E-state index is 13.4. The van der Waals surface area contributed by atoms with Crippen LogP contribution in [0, 0.1) is 6.92 Å². The Morgan fingerprint density at radius 3 is 2.94 bits per heavy atom. The van der Waals surface area contributed by atoms with Crippen molar-refractivity contribution in [3.8, 4) is 0 Å². The molecule has 0 N–H and O–H groups in total. The predicted octanol–water partition coefficient (Wildman–Crippen LogP) is 4.40. The first-order valence-electron chi connectivity index (χ1n) is 11.0. The molecule has 9 heteroatoms. The molecule has 1 atom stereocenters. The topological polar surface area (TPSA) is 77.1 Å². The maximum Gasteiger partial charge on any atom is 0.262 e. The monoisotopic (exact) mass is 477 g/mol. The molecule has 33 heavy (non-hydrogen) atoms. The standard InChI is InChI=1S/C24H23N5O2S2/c1-14-19(27-31-26-14)12-28(2)16-7-8-18-21(10-16)33-23-22(18)24(30)29(13-25-23)11-17-9-15-5-3-4-6-20(15)32-17/h3-6,9,13,16H,7-8,10-12H2,1-2H3. The average Bonchev–Trinajstić information content (AvgIpc) is 3.51. The zero-order valence-corrected chi connectivity index (χ0v) is 20.1. The van der Waals surface area contributed by atoms with Crippen LogP contribution in [0.3, 0.4) is 0 Å². The van der Waals surface area contributed by atoms with Gasteiger partial charge in [0.25, 0.3) is 5.56 Å². The van der Waals surface area contributed by atoms with Crippen LogP contribution >= 0.6 is 22.7 Å². The van der Waals surface area contributed by atoms with Crippen LogP contribution in [-0.2, 0) is 25.9 Å². The summed E-state index contributed by atoms with van der Waals surface area (Å²) in [7, 11) is 2.12. The fourth-order valence-corrected chi connectivity index (χ4v) is 7.03. The Bertz CT molecular complexity index is 1500. The second-order valence-corrected chi connectivity index (χ2v) is 11.0. The Morgan fingerprint density at radius 1 is 1.24 bits per heavy atom. The van der Waals surface area contributed by atoms with Gasteiger partial charge in [0.1, 0.15) is 16.2 Å². The van der Waals surface area contributed by atoms with Crippen LogP contribution in [0.15, 0.2) is 46.1 Å². The second kappa shape index (κ2) is 8.16. The van der Waals surface area contributed by atoms with Gasteiger partial charge in [-0.25, -0.2) is 9.61 Å². The molecule has 0 spiro atoms. The third-order valence-corrected chi connectivity index (χ3v) is 8.84. The van der Waals surface area contributed by atoms with E-state index in [0.717, 1.165) is 40.9 Å². The quantitative estimate of drug-likeness (QED) is 0.373. The van der Waals surface area contributed by atoms with Crippen LogP contribution in [0.2, 0.25) is 0 Å². The fraction of sp³-hybridized carbons (Fsp3) is 0.333. The molecule has 1 aliphatic carbocycles. The Hall–Kier alpha value is -2.88. The Labute approximate surface area is 198 Å². The van der Waals surface area contributed by atoms with Crippen molar-refractivity contribution >= 4 is 43.0 Å².